The van der Waals surface area contributed by atoms with Crippen LogP contribution in [0.3, 0.4) is 0 Å². The van der Waals surface area contributed by atoms with E-state index in [-0.39, 0.29) is 13.2 Å². The van der Waals surface area contributed by atoms with E-state index in [1.807, 2.05) is 5.32 Å². The lowest BCUT2D eigenvalue weighted by molar-refractivity contribution is -0.151. The summed E-state index contributed by atoms with van der Waals surface area (Å²) in [4.78, 5) is 34.1. The van der Waals surface area contributed by atoms with Gasteiger partial charge in [-0.2, -0.15) is 0 Å². The maximum atomic E-state index is 12.1. The van der Waals surface area contributed by atoms with Crippen molar-refractivity contribution in [2.75, 3.05) is 13.2 Å². The normalized spacial score (nSPS) is 13.3. The maximum Gasteiger partial charge on any atom is 0.326 e. The Balaban J connectivity index is 4.53. The minimum absolute atomic E-state index is 0.175. The lowest BCUT2D eigenvalue weighted by Gasteiger charge is -2.28. The van der Waals surface area contributed by atoms with Crippen LogP contribution in [0.4, 0.5) is 4.79 Å². The summed E-state index contributed by atoms with van der Waals surface area (Å²) < 4.78 is 5.05. The Morgan fingerprint density at radius 1 is 1.14 bits per heavy atom. The van der Waals surface area contributed by atoms with E-state index < -0.39 is 23.4 Å². The first-order valence-electron chi connectivity index (χ1n) is 7.37. The minimum Gasteiger partial charge on any atom is -0.465 e. The molecule has 0 saturated carbocycles. The van der Waals surface area contributed by atoms with Crippen LogP contribution in [0.1, 0.15) is 52.9 Å². The molecule has 0 saturated heterocycles. The Morgan fingerprint density at radius 2 is 1.81 bits per heavy atom. The predicted octanol–water partition coefficient (Wildman–Crippen LogP) is 1.06. The van der Waals surface area contributed by atoms with Crippen LogP contribution in [0.2, 0.25) is 0 Å². The molecule has 0 aromatic heterocycles. The van der Waals surface area contributed by atoms with E-state index >= 15 is 0 Å². The van der Waals surface area contributed by atoms with Gasteiger partial charge in [0.05, 0.1) is 13.2 Å². The summed E-state index contributed by atoms with van der Waals surface area (Å²) in [5, 5.41) is 4.82. The molecule has 0 fully saturated rings. The first kappa shape index (κ1) is 19.4. The van der Waals surface area contributed by atoms with Gasteiger partial charge in [-0.05, 0) is 20.3 Å². The van der Waals surface area contributed by atoms with Crippen molar-refractivity contribution in [3.05, 3.63) is 0 Å². The van der Waals surface area contributed by atoms with Gasteiger partial charge in [0.1, 0.15) is 5.54 Å². The molecule has 7 nitrogen and oxygen atoms in total. The number of primary amides is 1. The Labute approximate surface area is 126 Å². The van der Waals surface area contributed by atoms with Crippen LogP contribution in [0.15, 0.2) is 0 Å². The summed E-state index contributed by atoms with van der Waals surface area (Å²) >= 11 is 0. The summed E-state index contributed by atoms with van der Waals surface area (Å²) in [5.41, 5.74) is 3.92. The van der Waals surface area contributed by atoms with Gasteiger partial charge in [0.25, 0.3) is 0 Å². The van der Waals surface area contributed by atoms with Crippen LogP contribution >= 0.6 is 0 Å². The molecule has 0 radical (unpaired) electrons. The zero-order valence-corrected chi connectivity index (χ0v) is 13.2. The van der Waals surface area contributed by atoms with E-state index in [1.165, 1.54) is 0 Å². The standard InChI is InChI=1S/C14H27N3O4/c1-4-6-7-8-9-14(3,12(19)21-5-2)16-10-11(18)17-13(15)20/h16H,4-10H2,1-3H3,(H3,15,17,18,20)/t14-/m0/s1. The number of urea groups is 1. The van der Waals surface area contributed by atoms with E-state index in [4.69, 9.17) is 10.5 Å². The molecule has 0 heterocycles. The van der Waals surface area contributed by atoms with Gasteiger partial charge in [-0.1, -0.05) is 32.6 Å². The molecule has 0 aromatic carbocycles. The number of rotatable bonds is 10. The van der Waals surface area contributed by atoms with Gasteiger partial charge in [0, 0.05) is 0 Å². The molecule has 0 aromatic rings. The zero-order chi connectivity index (χ0) is 16.3. The fraction of sp³-hybridized carbons (Fsp3) is 0.786. The average molecular weight is 301 g/mol. The summed E-state index contributed by atoms with van der Waals surface area (Å²) in [7, 11) is 0. The van der Waals surface area contributed by atoms with Crippen LogP contribution in [-0.2, 0) is 14.3 Å². The quantitative estimate of drug-likeness (QED) is 0.413. The van der Waals surface area contributed by atoms with Crippen molar-refractivity contribution in [1.29, 1.82) is 0 Å². The third-order valence-electron chi connectivity index (χ3n) is 3.16. The van der Waals surface area contributed by atoms with Gasteiger partial charge in [-0.15, -0.1) is 0 Å². The van der Waals surface area contributed by atoms with Crippen molar-refractivity contribution in [2.45, 2.75) is 58.4 Å². The number of esters is 1. The van der Waals surface area contributed by atoms with Crippen molar-refractivity contribution < 1.29 is 19.1 Å². The fourth-order valence-electron chi connectivity index (χ4n) is 1.92. The minimum atomic E-state index is -0.946. The highest BCUT2D eigenvalue weighted by atomic mass is 16.5. The SMILES string of the molecule is CCCCCC[C@](C)(NCC(=O)NC(N)=O)C(=O)OCC. The molecular weight excluding hydrogens is 274 g/mol. The van der Waals surface area contributed by atoms with Crippen molar-refractivity contribution in [3.8, 4) is 0 Å². The topological polar surface area (TPSA) is 111 Å². The highest BCUT2D eigenvalue weighted by molar-refractivity contribution is 5.94. The van der Waals surface area contributed by atoms with Crippen molar-refractivity contribution in [3.63, 3.8) is 0 Å². The van der Waals surface area contributed by atoms with Gasteiger partial charge in [0.2, 0.25) is 5.91 Å². The van der Waals surface area contributed by atoms with Gasteiger partial charge < -0.3 is 10.5 Å². The molecule has 4 N–H and O–H groups in total. The number of nitrogens with one attached hydrogen (secondary N) is 2. The number of unbranched alkanes of at least 4 members (excludes halogenated alkanes) is 3. The Kier molecular flexibility index (Phi) is 9.36. The molecular formula is C14H27N3O4. The first-order valence-corrected chi connectivity index (χ1v) is 7.37. The number of carbonyl (C=O) groups excluding carboxylic acids is 3. The molecule has 1 atom stereocenters. The monoisotopic (exact) mass is 301 g/mol. The van der Waals surface area contributed by atoms with Gasteiger partial charge in [-0.25, -0.2) is 4.79 Å². The van der Waals surface area contributed by atoms with E-state index in [2.05, 4.69) is 12.2 Å². The van der Waals surface area contributed by atoms with Crippen molar-refractivity contribution in [2.24, 2.45) is 5.73 Å². The third kappa shape index (κ3) is 8.29. The molecule has 7 heteroatoms. The molecule has 0 aliphatic carbocycles. The second-order valence-electron chi connectivity index (χ2n) is 5.13. The molecule has 0 unspecified atom stereocenters. The van der Waals surface area contributed by atoms with Gasteiger partial charge >= 0.3 is 12.0 Å². The van der Waals surface area contributed by atoms with Crippen LogP contribution < -0.4 is 16.4 Å². The molecule has 21 heavy (non-hydrogen) atoms. The number of amides is 3. The largest absolute Gasteiger partial charge is 0.465 e. The summed E-state index contributed by atoms with van der Waals surface area (Å²) in [6.45, 7) is 5.64. The molecule has 0 spiro atoms. The number of nitrogens with two attached hydrogens (primary N) is 1. The Hall–Kier alpha value is -1.63. The molecule has 0 rings (SSSR count). The van der Waals surface area contributed by atoms with E-state index in [0.29, 0.717) is 6.42 Å². The molecule has 0 aliphatic rings. The van der Waals surface area contributed by atoms with E-state index in [0.717, 1.165) is 25.7 Å². The molecule has 0 bridgehead atoms. The van der Waals surface area contributed by atoms with Crippen LogP contribution in [-0.4, -0.2) is 36.6 Å². The van der Waals surface area contributed by atoms with Crippen LogP contribution in [0.25, 0.3) is 0 Å². The number of imide groups is 1. The second kappa shape index (κ2) is 10.1. The third-order valence-corrected chi connectivity index (χ3v) is 3.16. The maximum absolute atomic E-state index is 12.1. The lowest BCUT2D eigenvalue weighted by atomic mass is 9.94. The van der Waals surface area contributed by atoms with Gasteiger partial charge in [-0.3, -0.25) is 20.2 Å². The van der Waals surface area contributed by atoms with Gasteiger partial charge in [0.15, 0.2) is 0 Å². The number of hydrogen-bond donors (Lipinski definition) is 3. The highest BCUT2D eigenvalue weighted by Crippen LogP contribution is 2.17. The first-order chi connectivity index (χ1) is 9.85. The Bertz CT molecular complexity index is 360. The second-order valence-corrected chi connectivity index (χ2v) is 5.13. The van der Waals surface area contributed by atoms with Crippen molar-refractivity contribution in [1.82, 2.24) is 10.6 Å². The van der Waals surface area contributed by atoms with Crippen LogP contribution in [0.5, 0.6) is 0 Å². The van der Waals surface area contributed by atoms with Crippen LogP contribution in [0, 0.1) is 0 Å². The summed E-state index contributed by atoms with van der Waals surface area (Å²) in [5.74, 6) is -0.972. The number of ether oxygens (including phenoxy) is 1. The molecule has 122 valence electrons. The predicted molar refractivity (Wildman–Crippen MR) is 79.5 cm³/mol. The van der Waals surface area contributed by atoms with E-state index in [9.17, 15) is 14.4 Å². The summed E-state index contributed by atoms with van der Waals surface area (Å²) in [6, 6.07) is -0.914. The lowest BCUT2D eigenvalue weighted by Crippen LogP contribution is -2.54. The number of hydrogen-bond acceptors (Lipinski definition) is 5. The smallest absolute Gasteiger partial charge is 0.326 e. The average Bonchev–Trinajstić information content (AvgIpc) is 2.41. The molecule has 3 amide bonds. The number of carbonyl (C=O) groups is 3. The van der Waals surface area contributed by atoms with E-state index in [1.54, 1.807) is 13.8 Å². The summed E-state index contributed by atoms with van der Waals surface area (Å²) in [6.07, 6.45) is 4.63. The Morgan fingerprint density at radius 3 is 2.33 bits per heavy atom. The fourth-order valence-corrected chi connectivity index (χ4v) is 1.92. The molecule has 0 aliphatic heterocycles. The highest BCUT2D eigenvalue weighted by Gasteiger charge is 2.34. The zero-order valence-electron chi connectivity index (χ0n) is 13.2. The van der Waals surface area contributed by atoms with Crippen molar-refractivity contribution >= 4 is 17.9 Å².